The zero-order valence-electron chi connectivity index (χ0n) is 10.3. The maximum absolute atomic E-state index is 11.3. The van der Waals surface area contributed by atoms with E-state index < -0.39 is 12.0 Å². The van der Waals surface area contributed by atoms with Crippen LogP contribution in [0.1, 0.15) is 31.0 Å². The second-order valence-electron chi connectivity index (χ2n) is 4.30. The number of benzene rings is 1. The summed E-state index contributed by atoms with van der Waals surface area (Å²) in [6, 6.07) is 6.12. The van der Waals surface area contributed by atoms with E-state index in [4.69, 9.17) is 0 Å². The van der Waals surface area contributed by atoms with Crippen LogP contribution in [0.3, 0.4) is 0 Å². The van der Waals surface area contributed by atoms with Gasteiger partial charge in [0.15, 0.2) is 6.04 Å². The Bertz CT molecular complexity index is 415. The molecule has 1 aromatic rings. The molecular formula is C13H17NO3. The first-order chi connectivity index (χ1) is 7.97. The molecule has 1 rings (SSSR count). The highest BCUT2D eigenvalue weighted by Gasteiger charge is 2.28. The van der Waals surface area contributed by atoms with Gasteiger partial charge in [0.1, 0.15) is 0 Å². The fourth-order valence-corrected chi connectivity index (χ4v) is 1.76. The van der Waals surface area contributed by atoms with Crippen molar-refractivity contribution < 1.29 is 14.7 Å². The van der Waals surface area contributed by atoms with Crippen molar-refractivity contribution in [2.75, 3.05) is 0 Å². The van der Waals surface area contributed by atoms with Crippen LogP contribution in [0.2, 0.25) is 0 Å². The summed E-state index contributed by atoms with van der Waals surface area (Å²) in [5.74, 6) is -1.02. The second kappa shape index (κ2) is 5.48. The van der Waals surface area contributed by atoms with E-state index >= 15 is 0 Å². The molecule has 0 fully saturated rings. The van der Waals surface area contributed by atoms with Crippen LogP contribution in [0.25, 0.3) is 0 Å². The molecule has 0 aliphatic carbocycles. The molecule has 0 spiro atoms. The summed E-state index contributed by atoms with van der Waals surface area (Å²) in [5, 5.41) is 9.27. The number of amides is 1. The molecule has 0 bridgehead atoms. The molecule has 1 aromatic carbocycles. The Balaban J connectivity index is 3.17. The first kappa shape index (κ1) is 13.2. The molecule has 0 aliphatic rings. The van der Waals surface area contributed by atoms with Gasteiger partial charge in [0.25, 0.3) is 0 Å². The van der Waals surface area contributed by atoms with Crippen molar-refractivity contribution >= 4 is 12.4 Å². The quantitative estimate of drug-likeness (QED) is 0.794. The van der Waals surface area contributed by atoms with Crippen molar-refractivity contribution in [2.45, 2.75) is 32.9 Å². The molecule has 1 atom stereocenters. The zero-order valence-corrected chi connectivity index (χ0v) is 10.3. The highest BCUT2D eigenvalue weighted by atomic mass is 16.4. The average molecular weight is 235 g/mol. The molecular weight excluding hydrogens is 218 g/mol. The fourth-order valence-electron chi connectivity index (χ4n) is 1.76. The maximum Gasteiger partial charge on any atom is 0.331 e. The molecule has 0 radical (unpaired) electrons. The van der Waals surface area contributed by atoms with Gasteiger partial charge < -0.3 is 10.0 Å². The Morgan fingerprint density at radius 1 is 1.41 bits per heavy atom. The number of carboxylic acids is 1. The monoisotopic (exact) mass is 235 g/mol. The lowest BCUT2D eigenvalue weighted by Crippen LogP contribution is -2.38. The normalized spacial score (nSPS) is 12.2. The van der Waals surface area contributed by atoms with Crippen LogP contribution in [0, 0.1) is 6.92 Å². The first-order valence-corrected chi connectivity index (χ1v) is 5.49. The summed E-state index contributed by atoms with van der Waals surface area (Å²) >= 11 is 0. The van der Waals surface area contributed by atoms with Crippen LogP contribution in [0.15, 0.2) is 24.3 Å². The van der Waals surface area contributed by atoms with Crippen molar-refractivity contribution in [3.8, 4) is 0 Å². The highest BCUT2D eigenvalue weighted by molar-refractivity contribution is 5.78. The summed E-state index contributed by atoms with van der Waals surface area (Å²) in [6.07, 6.45) is 0.589. The average Bonchev–Trinajstić information content (AvgIpc) is 2.24. The van der Waals surface area contributed by atoms with Crippen molar-refractivity contribution in [2.24, 2.45) is 0 Å². The van der Waals surface area contributed by atoms with Crippen LogP contribution >= 0.6 is 0 Å². The summed E-state index contributed by atoms with van der Waals surface area (Å²) in [5.41, 5.74) is 1.60. The standard InChI is InChI=1S/C13H17NO3/c1-9(2)14(8-15)12(13(16)17)11-6-4-5-10(3)7-11/h4-9,12H,1-3H3,(H,16,17). The van der Waals surface area contributed by atoms with Gasteiger partial charge in [-0.3, -0.25) is 4.79 Å². The van der Waals surface area contributed by atoms with Gasteiger partial charge in [0.2, 0.25) is 6.41 Å². The van der Waals surface area contributed by atoms with Gasteiger partial charge in [-0.2, -0.15) is 0 Å². The van der Waals surface area contributed by atoms with E-state index in [1.54, 1.807) is 32.0 Å². The topological polar surface area (TPSA) is 57.6 Å². The van der Waals surface area contributed by atoms with Crippen LogP contribution in [0.4, 0.5) is 0 Å². The Kier molecular flexibility index (Phi) is 4.26. The maximum atomic E-state index is 11.3. The van der Waals surface area contributed by atoms with Gasteiger partial charge in [-0.05, 0) is 26.3 Å². The highest BCUT2D eigenvalue weighted by Crippen LogP contribution is 2.22. The predicted octanol–water partition coefficient (Wildman–Crippen LogP) is 1.99. The number of rotatable bonds is 5. The van der Waals surface area contributed by atoms with Crippen LogP contribution < -0.4 is 0 Å². The molecule has 0 saturated carbocycles. The van der Waals surface area contributed by atoms with Gasteiger partial charge in [0, 0.05) is 6.04 Å². The Labute approximate surface area is 101 Å². The Hall–Kier alpha value is -1.84. The van der Waals surface area contributed by atoms with E-state index in [1.165, 1.54) is 4.90 Å². The third-order valence-corrected chi connectivity index (χ3v) is 2.61. The number of hydrogen-bond donors (Lipinski definition) is 1. The number of carbonyl (C=O) groups excluding carboxylic acids is 1. The SMILES string of the molecule is Cc1cccc(C(C(=O)O)N(C=O)C(C)C)c1. The number of carbonyl (C=O) groups is 2. The van der Waals surface area contributed by atoms with E-state index in [1.807, 2.05) is 13.0 Å². The lowest BCUT2D eigenvalue weighted by atomic mass is 10.0. The van der Waals surface area contributed by atoms with Gasteiger partial charge in [-0.25, -0.2) is 4.79 Å². The van der Waals surface area contributed by atoms with E-state index in [-0.39, 0.29) is 6.04 Å². The molecule has 17 heavy (non-hydrogen) atoms. The minimum Gasteiger partial charge on any atom is -0.479 e. The van der Waals surface area contributed by atoms with Crippen LogP contribution in [-0.4, -0.2) is 28.4 Å². The largest absolute Gasteiger partial charge is 0.479 e. The molecule has 4 nitrogen and oxygen atoms in total. The second-order valence-corrected chi connectivity index (χ2v) is 4.30. The molecule has 1 amide bonds. The third kappa shape index (κ3) is 3.06. The third-order valence-electron chi connectivity index (χ3n) is 2.61. The van der Waals surface area contributed by atoms with Gasteiger partial charge in [0.05, 0.1) is 0 Å². The molecule has 92 valence electrons. The molecule has 1 unspecified atom stereocenters. The molecule has 0 saturated heterocycles. The van der Waals surface area contributed by atoms with E-state index in [0.717, 1.165) is 5.56 Å². The number of aryl methyl sites for hydroxylation is 1. The first-order valence-electron chi connectivity index (χ1n) is 5.49. The van der Waals surface area contributed by atoms with Gasteiger partial charge in [-0.1, -0.05) is 29.8 Å². The minimum atomic E-state index is -1.02. The number of aliphatic carboxylic acids is 1. The van der Waals surface area contributed by atoms with Crippen molar-refractivity contribution in [1.82, 2.24) is 4.90 Å². The summed E-state index contributed by atoms with van der Waals surface area (Å²) in [4.78, 5) is 23.6. The summed E-state index contributed by atoms with van der Waals surface area (Å²) in [6.45, 7) is 5.48. The van der Waals surface area contributed by atoms with Gasteiger partial charge >= 0.3 is 5.97 Å². The van der Waals surface area contributed by atoms with Crippen molar-refractivity contribution in [3.05, 3.63) is 35.4 Å². The van der Waals surface area contributed by atoms with E-state index in [0.29, 0.717) is 12.0 Å². The molecule has 0 aromatic heterocycles. The smallest absolute Gasteiger partial charge is 0.331 e. The number of nitrogens with zero attached hydrogens (tertiary/aromatic N) is 1. The van der Waals surface area contributed by atoms with Crippen molar-refractivity contribution in [3.63, 3.8) is 0 Å². The number of hydrogen-bond acceptors (Lipinski definition) is 2. The lowest BCUT2D eigenvalue weighted by molar-refractivity contribution is -0.147. The van der Waals surface area contributed by atoms with Crippen LogP contribution in [0.5, 0.6) is 0 Å². The van der Waals surface area contributed by atoms with E-state index in [2.05, 4.69) is 0 Å². The molecule has 0 aliphatic heterocycles. The molecule has 4 heteroatoms. The van der Waals surface area contributed by atoms with E-state index in [9.17, 15) is 14.7 Å². The lowest BCUT2D eigenvalue weighted by Gasteiger charge is -2.29. The minimum absolute atomic E-state index is 0.158. The number of carboxylic acid groups (broad SMARTS) is 1. The summed E-state index contributed by atoms with van der Waals surface area (Å²) in [7, 11) is 0. The van der Waals surface area contributed by atoms with Crippen molar-refractivity contribution in [1.29, 1.82) is 0 Å². The Morgan fingerprint density at radius 3 is 2.47 bits per heavy atom. The molecule has 0 heterocycles. The van der Waals surface area contributed by atoms with Crippen LogP contribution in [-0.2, 0) is 9.59 Å². The summed E-state index contributed by atoms with van der Waals surface area (Å²) < 4.78 is 0. The zero-order chi connectivity index (χ0) is 13.0. The predicted molar refractivity (Wildman–Crippen MR) is 64.6 cm³/mol. The van der Waals surface area contributed by atoms with Gasteiger partial charge in [-0.15, -0.1) is 0 Å². The fraction of sp³-hybridized carbons (Fsp3) is 0.385. The molecule has 1 N–H and O–H groups in total. The Morgan fingerprint density at radius 2 is 2.06 bits per heavy atom.